The number of aliphatic carboxylic acids is 1. The minimum atomic E-state index is -0.966. The highest BCUT2D eigenvalue weighted by atomic mass is 16.4. The second-order valence-electron chi connectivity index (χ2n) is 6.88. The predicted molar refractivity (Wildman–Crippen MR) is 97.8 cm³/mol. The van der Waals surface area contributed by atoms with Crippen LogP contribution in [0.4, 0.5) is 5.69 Å². The summed E-state index contributed by atoms with van der Waals surface area (Å²) in [7, 11) is 0. The van der Waals surface area contributed by atoms with E-state index in [0.717, 1.165) is 32.4 Å². The van der Waals surface area contributed by atoms with Crippen LogP contribution in [0.5, 0.6) is 0 Å². The van der Waals surface area contributed by atoms with Crippen molar-refractivity contribution >= 4 is 23.5 Å². The fourth-order valence-corrected chi connectivity index (χ4v) is 3.65. The number of carboxylic acid groups (broad SMARTS) is 1. The van der Waals surface area contributed by atoms with Gasteiger partial charge in [-0.1, -0.05) is 24.3 Å². The fraction of sp³-hybridized carbons (Fsp3) is 0.450. The summed E-state index contributed by atoms with van der Waals surface area (Å²) in [6.45, 7) is 1.46. The van der Waals surface area contributed by atoms with Gasteiger partial charge in [-0.3, -0.25) is 14.4 Å². The highest BCUT2D eigenvalue weighted by molar-refractivity contribution is 6.04. The zero-order valence-electron chi connectivity index (χ0n) is 14.7. The summed E-state index contributed by atoms with van der Waals surface area (Å²) in [6, 6.07) is 6.94. The van der Waals surface area contributed by atoms with Gasteiger partial charge in [-0.05, 0) is 44.2 Å². The fourth-order valence-electron chi connectivity index (χ4n) is 3.65. The number of hydrogen-bond donors (Lipinski definition) is 2. The van der Waals surface area contributed by atoms with Crippen molar-refractivity contribution in [1.29, 1.82) is 0 Å². The van der Waals surface area contributed by atoms with Crippen molar-refractivity contribution in [2.75, 3.05) is 18.4 Å². The van der Waals surface area contributed by atoms with Gasteiger partial charge >= 0.3 is 5.97 Å². The molecule has 0 bridgehead atoms. The second kappa shape index (κ2) is 8.17. The summed E-state index contributed by atoms with van der Waals surface area (Å²) in [6.07, 6.45) is 7.51. The topological polar surface area (TPSA) is 86.7 Å². The highest BCUT2D eigenvalue weighted by Crippen LogP contribution is 2.28. The lowest BCUT2D eigenvalue weighted by atomic mass is 9.82. The maximum Gasteiger partial charge on any atom is 0.307 e. The minimum Gasteiger partial charge on any atom is -0.481 e. The number of benzene rings is 1. The number of hydrogen-bond acceptors (Lipinski definition) is 3. The van der Waals surface area contributed by atoms with E-state index >= 15 is 0 Å². The van der Waals surface area contributed by atoms with Crippen molar-refractivity contribution in [3.8, 4) is 0 Å². The number of rotatable bonds is 4. The van der Waals surface area contributed by atoms with Crippen LogP contribution in [0.25, 0.3) is 0 Å². The molecule has 0 unspecified atom stereocenters. The first-order valence-electron chi connectivity index (χ1n) is 9.15. The van der Waals surface area contributed by atoms with Crippen LogP contribution in [0, 0.1) is 11.8 Å². The zero-order valence-corrected chi connectivity index (χ0v) is 14.7. The number of amides is 2. The number of nitrogens with one attached hydrogen (secondary N) is 1. The van der Waals surface area contributed by atoms with Gasteiger partial charge in [-0.15, -0.1) is 0 Å². The molecular weight excluding hydrogens is 332 g/mol. The third-order valence-electron chi connectivity index (χ3n) is 5.14. The summed E-state index contributed by atoms with van der Waals surface area (Å²) in [4.78, 5) is 38.8. The summed E-state index contributed by atoms with van der Waals surface area (Å²) in [5.74, 6) is -2.76. The van der Waals surface area contributed by atoms with E-state index in [9.17, 15) is 19.5 Å². The van der Waals surface area contributed by atoms with Crippen molar-refractivity contribution in [3.05, 3.63) is 42.0 Å². The van der Waals surface area contributed by atoms with E-state index < -0.39 is 17.8 Å². The van der Waals surface area contributed by atoms with Crippen molar-refractivity contribution in [2.45, 2.75) is 32.1 Å². The summed E-state index contributed by atoms with van der Waals surface area (Å²) >= 11 is 0. The molecule has 0 radical (unpaired) electrons. The highest BCUT2D eigenvalue weighted by Gasteiger charge is 2.34. The molecule has 2 amide bonds. The lowest BCUT2D eigenvalue weighted by molar-refractivity contribution is -0.146. The Morgan fingerprint density at radius 3 is 2.31 bits per heavy atom. The molecule has 0 aromatic heterocycles. The molecule has 1 aliphatic carbocycles. The third-order valence-corrected chi connectivity index (χ3v) is 5.14. The number of para-hydroxylation sites is 1. The van der Waals surface area contributed by atoms with Crippen molar-refractivity contribution in [3.63, 3.8) is 0 Å². The Kier molecular flexibility index (Phi) is 5.71. The van der Waals surface area contributed by atoms with Crippen molar-refractivity contribution < 1.29 is 19.5 Å². The Balaban J connectivity index is 1.77. The molecule has 1 aromatic rings. The van der Waals surface area contributed by atoms with Crippen LogP contribution in [0.2, 0.25) is 0 Å². The van der Waals surface area contributed by atoms with Gasteiger partial charge in [-0.25, -0.2) is 0 Å². The molecular formula is C20H24N2O4. The number of piperidine rings is 1. The van der Waals surface area contributed by atoms with E-state index in [0.29, 0.717) is 24.1 Å². The Morgan fingerprint density at radius 2 is 1.62 bits per heavy atom. The van der Waals surface area contributed by atoms with Crippen LogP contribution in [-0.2, 0) is 9.59 Å². The Morgan fingerprint density at radius 1 is 0.962 bits per heavy atom. The number of carbonyl (C=O) groups is 3. The number of anilines is 1. The molecule has 1 aliphatic heterocycles. The Bertz CT molecular complexity index is 722. The maximum absolute atomic E-state index is 12.8. The van der Waals surface area contributed by atoms with Gasteiger partial charge in [0.15, 0.2) is 0 Å². The third kappa shape index (κ3) is 3.95. The lowest BCUT2D eigenvalue weighted by Gasteiger charge is -2.28. The van der Waals surface area contributed by atoms with Gasteiger partial charge in [-0.2, -0.15) is 0 Å². The molecule has 2 atom stereocenters. The van der Waals surface area contributed by atoms with E-state index in [4.69, 9.17) is 0 Å². The first kappa shape index (κ1) is 18.2. The number of carboxylic acids is 1. The number of nitrogens with zero attached hydrogens (tertiary/aromatic N) is 1. The number of allylic oxidation sites excluding steroid dienone is 2. The van der Waals surface area contributed by atoms with Crippen LogP contribution in [0.15, 0.2) is 36.4 Å². The molecule has 26 heavy (non-hydrogen) atoms. The SMILES string of the molecule is O=C(O)[C@H]1CC=CC[C@@H]1C(=O)Nc1ccccc1C(=O)N1CCCCC1. The first-order chi connectivity index (χ1) is 12.6. The van der Waals surface area contributed by atoms with E-state index in [1.165, 1.54) is 0 Å². The van der Waals surface area contributed by atoms with Gasteiger partial charge in [0, 0.05) is 13.1 Å². The normalized spacial score (nSPS) is 22.7. The van der Waals surface area contributed by atoms with E-state index in [2.05, 4.69) is 5.32 Å². The van der Waals surface area contributed by atoms with Gasteiger partial charge in [0.05, 0.1) is 23.1 Å². The van der Waals surface area contributed by atoms with Gasteiger partial charge in [0.2, 0.25) is 5.91 Å². The average Bonchev–Trinajstić information content (AvgIpc) is 2.68. The molecule has 138 valence electrons. The van der Waals surface area contributed by atoms with Crippen LogP contribution in [0.1, 0.15) is 42.5 Å². The Hall–Kier alpha value is -2.63. The molecule has 3 rings (SSSR count). The summed E-state index contributed by atoms with van der Waals surface area (Å²) in [5.41, 5.74) is 0.910. The molecule has 1 aromatic carbocycles. The molecule has 0 spiro atoms. The first-order valence-corrected chi connectivity index (χ1v) is 9.15. The average molecular weight is 356 g/mol. The molecule has 2 N–H and O–H groups in total. The molecule has 1 fully saturated rings. The predicted octanol–water partition coefficient (Wildman–Crippen LogP) is 2.92. The zero-order chi connectivity index (χ0) is 18.5. The van der Waals surface area contributed by atoms with Crippen LogP contribution in [0.3, 0.4) is 0 Å². The summed E-state index contributed by atoms with van der Waals surface area (Å²) < 4.78 is 0. The molecule has 1 heterocycles. The van der Waals surface area contributed by atoms with Gasteiger partial charge < -0.3 is 15.3 Å². The summed E-state index contributed by atoms with van der Waals surface area (Å²) in [5, 5.41) is 12.2. The van der Waals surface area contributed by atoms with Crippen LogP contribution in [-0.4, -0.2) is 40.9 Å². The Labute approximate surface area is 152 Å². The standard InChI is InChI=1S/C20H24N2O4/c23-18(14-8-2-3-9-15(14)20(25)26)21-17-11-5-4-10-16(17)19(24)22-12-6-1-7-13-22/h2-5,10-11,14-15H,1,6-9,12-13H2,(H,21,23)(H,25,26)/t14-,15-/m0/s1. The number of carbonyl (C=O) groups excluding carboxylic acids is 2. The quantitative estimate of drug-likeness (QED) is 0.812. The molecule has 0 saturated carbocycles. The maximum atomic E-state index is 12.8. The smallest absolute Gasteiger partial charge is 0.307 e. The van der Waals surface area contributed by atoms with Crippen LogP contribution < -0.4 is 5.32 Å². The van der Waals surface area contributed by atoms with Gasteiger partial charge in [0.25, 0.3) is 5.91 Å². The molecule has 2 aliphatic rings. The largest absolute Gasteiger partial charge is 0.481 e. The van der Waals surface area contributed by atoms with Crippen molar-refractivity contribution in [2.24, 2.45) is 11.8 Å². The molecule has 6 heteroatoms. The van der Waals surface area contributed by atoms with Crippen LogP contribution >= 0.6 is 0 Å². The van der Waals surface area contributed by atoms with Crippen molar-refractivity contribution in [1.82, 2.24) is 4.90 Å². The molecule has 6 nitrogen and oxygen atoms in total. The van der Waals surface area contributed by atoms with E-state index in [1.54, 1.807) is 30.3 Å². The molecule has 1 saturated heterocycles. The minimum absolute atomic E-state index is 0.0843. The van der Waals surface area contributed by atoms with Gasteiger partial charge in [0.1, 0.15) is 0 Å². The van der Waals surface area contributed by atoms with E-state index in [1.807, 2.05) is 11.0 Å². The number of likely N-dealkylation sites (tertiary alicyclic amines) is 1. The lowest BCUT2D eigenvalue weighted by Crippen LogP contribution is -2.37. The second-order valence-corrected chi connectivity index (χ2v) is 6.88. The monoisotopic (exact) mass is 356 g/mol. The van der Waals surface area contributed by atoms with E-state index in [-0.39, 0.29) is 11.8 Å².